The molecule has 2 atom stereocenters. The maximum absolute atomic E-state index is 13.2. The highest BCUT2D eigenvalue weighted by Gasteiger charge is 2.42. The SMILES string of the molecule is COc1ccc([N+](=O)[O-])cc1-n1c(C)cc([C@@H]2[C@@H](c3ccccn3)NC(=S)N2CC(=O)Nc2ccccc2)c1C. The Bertz CT molecular complexity index is 1570. The summed E-state index contributed by atoms with van der Waals surface area (Å²) in [6.07, 6.45) is 1.72. The molecule has 2 aromatic carbocycles. The van der Waals surface area contributed by atoms with Crippen LogP contribution in [0.1, 0.15) is 34.7 Å². The van der Waals surface area contributed by atoms with Crippen LogP contribution in [0.25, 0.3) is 5.69 Å². The molecule has 2 N–H and O–H groups in total. The van der Waals surface area contributed by atoms with E-state index in [-0.39, 0.29) is 30.2 Å². The van der Waals surface area contributed by atoms with Crippen LogP contribution in [0.2, 0.25) is 0 Å². The Balaban J connectivity index is 1.59. The quantitative estimate of drug-likeness (QED) is 0.177. The van der Waals surface area contributed by atoms with E-state index in [9.17, 15) is 14.9 Å². The number of anilines is 1. The summed E-state index contributed by atoms with van der Waals surface area (Å²) in [5.74, 6) is 0.288. The van der Waals surface area contributed by atoms with Crippen molar-refractivity contribution in [2.75, 3.05) is 19.0 Å². The van der Waals surface area contributed by atoms with Gasteiger partial charge in [0.2, 0.25) is 5.91 Å². The van der Waals surface area contributed by atoms with E-state index in [1.54, 1.807) is 12.3 Å². The van der Waals surface area contributed by atoms with E-state index in [2.05, 4.69) is 15.6 Å². The van der Waals surface area contributed by atoms with Crippen molar-refractivity contribution in [3.8, 4) is 11.4 Å². The average molecular weight is 557 g/mol. The predicted molar refractivity (Wildman–Crippen MR) is 156 cm³/mol. The van der Waals surface area contributed by atoms with Gasteiger partial charge in [0.25, 0.3) is 5.69 Å². The van der Waals surface area contributed by atoms with Crippen LogP contribution in [-0.2, 0) is 4.79 Å². The lowest BCUT2D eigenvalue weighted by Gasteiger charge is -2.27. The highest BCUT2D eigenvalue weighted by Crippen LogP contribution is 2.42. The number of nitro groups is 1. The second-order valence-corrected chi connectivity index (χ2v) is 9.83. The summed E-state index contributed by atoms with van der Waals surface area (Å²) in [6, 6.07) is 20.7. The monoisotopic (exact) mass is 556 g/mol. The van der Waals surface area contributed by atoms with E-state index >= 15 is 0 Å². The highest BCUT2D eigenvalue weighted by molar-refractivity contribution is 7.80. The van der Waals surface area contributed by atoms with E-state index in [0.717, 1.165) is 22.6 Å². The third kappa shape index (κ3) is 5.10. The number of nitrogens with one attached hydrogen (secondary N) is 2. The number of para-hydroxylation sites is 1. The van der Waals surface area contributed by atoms with Crippen molar-refractivity contribution < 1.29 is 14.5 Å². The highest BCUT2D eigenvalue weighted by atomic mass is 32.1. The summed E-state index contributed by atoms with van der Waals surface area (Å²) in [4.78, 5) is 30.7. The Hall–Kier alpha value is -4.77. The van der Waals surface area contributed by atoms with Gasteiger partial charge in [0, 0.05) is 35.4 Å². The van der Waals surface area contributed by atoms with Crippen LogP contribution in [-0.4, -0.2) is 44.0 Å². The maximum atomic E-state index is 13.2. The van der Waals surface area contributed by atoms with Gasteiger partial charge in [-0.2, -0.15) is 0 Å². The Morgan fingerprint density at radius 3 is 2.55 bits per heavy atom. The van der Waals surface area contributed by atoms with Gasteiger partial charge in [0.1, 0.15) is 12.3 Å². The number of hydrogen-bond acceptors (Lipinski definition) is 6. The number of methoxy groups -OCH3 is 1. The molecule has 4 aromatic rings. The standard InChI is InChI=1S/C29H28N6O4S/c1-18-15-22(19(2)34(18)24-16-21(35(37)38)12-13-25(24)39-3)28-27(23-11-7-8-14-30-23)32-29(40)33(28)17-26(36)31-20-9-5-4-6-10-20/h4-16,27-28H,17H2,1-3H3,(H,31,36)(H,32,40)/t27-,28-/m1/s1. The second kappa shape index (κ2) is 11.1. The molecular weight excluding hydrogens is 528 g/mol. The number of pyridine rings is 1. The van der Waals surface area contributed by atoms with Gasteiger partial charge in [0.15, 0.2) is 5.11 Å². The van der Waals surface area contributed by atoms with Crippen molar-refractivity contribution in [2.45, 2.75) is 25.9 Å². The van der Waals surface area contributed by atoms with Crippen LogP contribution in [0.4, 0.5) is 11.4 Å². The second-order valence-electron chi connectivity index (χ2n) is 9.44. The molecule has 1 amide bonds. The summed E-state index contributed by atoms with van der Waals surface area (Å²) in [6.45, 7) is 3.88. The minimum absolute atomic E-state index is 0.0124. The molecule has 204 valence electrons. The van der Waals surface area contributed by atoms with E-state index < -0.39 is 4.92 Å². The number of hydrogen-bond donors (Lipinski definition) is 2. The smallest absolute Gasteiger partial charge is 0.271 e. The third-order valence-electron chi connectivity index (χ3n) is 6.97. The Labute approximate surface area is 236 Å². The molecule has 2 aromatic heterocycles. The molecule has 10 nitrogen and oxygen atoms in total. The lowest BCUT2D eigenvalue weighted by atomic mass is 9.96. The number of thiocarbonyl (C=S) groups is 1. The summed E-state index contributed by atoms with van der Waals surface area (Å²) in [5.41, 5.74) is 4.56. The van der Waals surface area contributed by atoms with Gasteiger partial charge in [-0.15, -0.1) is 0 Å². The number of aryl methyl sites for hydroxylation is 1. The Morgan fingerprint density at radius 1 is 1.12 bits per heavy atom. The fraction of sp³-hybridized carbons (Fsp3) is 0.207. The molecule has 1 aliphatic heterocycles. The van der Waals surface area contributed by atoms with Crippen LogP contribution >= 0.6 is 12.2 Å². The zero-order chi connectivity index (χ0) is 28.4. The average Bonchev–Trinajstić information content (AvgIpc) is 3.43. The summed E-state index contributed by atoms with van der Waals surface area (Å²) >= 11 is 5.74. The van der Waals surface area contributed by atoms with Crippen molar-refractivity contribution in [1.29, 1.82) is 0 Å². The van der Waals surface area contributed by atoms with E-state index in [0.29, 0.717) is 22.2 Å². The van der Waals surface area contributed by atoms with E-state index in [4.69, 9.17) is 17.0 Å². The van der Waals surface area contributed by atoms with Crippen LogP contribution in [0.5, 0.6) is 5.75 Å². The summed E-state index contributed by atoms with van der Waals surface area (Å²) in [5, 5.41) is 18.3. The van der Waals surface area contributed by atoms with Gasteiger partial charge in [-0.25, -0.2) is 0 Å². The van der Waals surface area contributed by atoms with Gasteiger partial charge in [-0.05, 0) is 68.0 Å². The van der Waals surface area contributed by atoms with E-state index in [1.165, 1.54) is 19.2 Å². The zero-order valence-electron chi connectivity index (χ0n) is 22.2. The number of benzene rings is 2. The first-order chi connectivity index (χ1) is 19.3. The topological polar surface area (TPSA) is 115 Å². The molecule has 5 rings (SSSR count). The molecule has 3 heterocycles. The third-order valence-corrected chi connectivity index (χ3v) is 7.32. The minimum Gasteiger partial charge on any atom is -0.495 e. The van der Waals surface area contributed by atoms with Crippen LogP contribution in [0.3, 0.4) is 0 Å². The van der Waals surface area contributed by atoms with Crippen LogP contribution < -0.4 is 15.4 Å². The molecule has 0 bridgehead atoms. The van der Waals surface area contributed by atoms with Crippen LogP contribution in [0.15, 0.2) is 79.0 Å². The van der Waals surface area contributed by atoms with Gasteiger partial charge in [0.05, 0.1) is 35.5 Å². The van der Waals surface area contributed by atoms with Gasteiger partial charge in [-0.3, -0.25) is 19.9 Å². The Morgan fingerprint density at radius 2 is 1.88 bits per heavy atom. The first kappa shape index (κ1) is 26.8. The lowest BCUT2D eigenvalue weighted by molar-refractivity contribution is -0.384. The number of rotatable bonds is 8. The van der Waals surface area contributed by atoms with Crippen molar-refractivity contribution in [3.63, 3.8) is 0 Å². The fourth-order valence-corrected chi connectivity index (χ4v) is 5.52. The van der Waals surface area contributed by atoms with Crippen molar-refractivity contribution in [1.82, 2.24) is 19.8 Å². The molecular formula is C29H28N6O4S. The van der Waals surface area contributed by atoms with Gasteiger partial charge < -0.3 is 24.8 Å². The molecule has 40 heavy (non-hydrogen) atoms. The van der Waals surface area contributed by atoms with Gasteiger partial charge in [-0.1, -0.05) is 24.3 Å². The summed E-state index contributed by atoms with van der Waals surface area (Å²) < 4.78 is 7.50. The van der Waals surface area contributed by atoms with Gasteiger partial charge >= 0.3 is 0 Å². The normalized spacial score (nSPS) is 16.5. The molecule has 11 heteroatoms. The fourth-order valence-electron chi connectivity index (χ4n) is 5.22. The molecule has 0 aliphatic carbocycles. The lowest BCUT2D eigenvalue weighted by Crippen LogP contribution is -2.37. The first-order valence-corrected chi connectivity index (χ1v) is 13.0. The molecule has 0 radical (unpaired) electrons. The molecule has 1 aliphatic rings. The van der Waals surface area contributed by atoms with Crippen molar-refractivity contribution in [3.05, 3.63) is 112 Å². The van der Waals surface area contributed by atoms with Crippen molar-refractivity contribution in [2.24, 2.45) is 0 Å². The zero-order valence-corrected chi connectivity index (χ0v) is 23.0. The number of non-ortho nitro benzene ring substituents is 1. The number of aromatic nitrogens is 2. The molecule has 0 spiro atoms. The largest absolute Gasteiger partial charge is 0.495 e. The molecule has 1 fully saturated rings. The molecule has 1 saturated heterocycles. The van der Waals surface area contributed by atoms with Crippen LogP contribution in [0, 0.1) is 24.0 Å². The molecule has 0 saturated carbocycles. The Kier molecular flexibility index (Phi) is 7.47. The first-order valence-electron chi connectivity index (χ1n) is 12.6. The van der Waals surface area contributed by atoms with Crippen molar-refractivity contribution >= 4 is 34.6 Å². The number of nitrogens with zero attached hydrogens (tertiary/aromatic N) is 4. The van der Waals surface area contributed by atoms with E-state index in [1.807, 2.05) is 77.9 Å². The number of amides is 1. The number of carbonyl (C=O) groups excluding carboxylic acids is 1. The summed E-state index contributed by atoms with van der Waals surface area (Å²) in [7, 11) is 1.53. The number of carbonyl (C=O) groups is 1. The predicted octanol–water partition coefficient (Wildman–Crippen LogP) is 5.02. The number of nitro benzene ring substituents is 1. The number of ether oxygens (including phenoxy) is 1. The maximum Gasteiger partial charge on any atom is 0.271 e. The molecule has 0 unspecified atom stereocenters. The minimum atomic E-state index is -0.429.